The zero-order chi connectivity index (χ0) is 16.4. The molecule has 23 heavy (non-hydrogen) atoms. The van der Waals surface area contributed by atoms with Crippen LogP contribution in [-0.2, 0) is 0 Å². The van der Waals surface area contributed by atoms with E-state index in [0.29, 0.717) is 0 Å². The van der Waals surface area contributed by atoms with E-state index in [4.69, 9.17) is 11.6 Å². The van der Waals surface area contributed by atoms with Gasteiger partial charge in [-0.3, -0.25) is 0 Å². The van der Waals surface area contributed by atoms with E-state index in [1.807, 2.05) is 31.1 Å². The van der Waals surface area contributed by atoms with Crippen molar-refractivity contribution in [3.05, 3.63) is 41.2 Å². The second-order valence-corrected chi connectivity index (χ2v) is 6.47. The molecule has 2 aromatic rings. The molecule has 0 spiro atoms. The summed E-state index contributed by atoms with van der Waals surface area (Å²) in [6, 6.07) is 8.12. The summed E-state index contributed by atoms with van der Waals surface area (Å²) < 4.78 is 0. The molecular formula is C17H22ClN5. The van der Waals surface area contributed by atoms with Crippen molar-refractivity contribution >= 4 is 28.9 Å². The zero-order valence-electron chi connectivity index (χ0n) is 13.8. The Balaban J connectivity index is 1.71. The molecule has 1 saturated heterocycles. The Morgan fingerprint density at radius 3 is 2.39 bits per heavy atom. The summed E-state index contributed by atoms with van der Waals surface area (Å²) in [4.78, 5) is 15.4. The SMILES string of the molecule is Cc1ccc(Cl)cc1N1CCN(c2cc(N(C)C)ncn2)CC1. The van der Waals surface area contributed by atoms with Crippen molar-refractivity contribution in [3.8, 4) is 0 Å². The van der Waals surface area contributed by atoms with Gasteiger partial charge in [-0.25, -0.2) is 9.97 Å². The van der Waals surface area contributed by atoms with Crippen LogP contribution in [0.25, 0.3) is 0 Å². The fraction of sp³-hybridized carbons (Fsp3) is 0.412. The average molecular weight is 332 g/mol. The van der Waals surface area contributed by atoms with Crippen LogP contribution in [0.1, 0.15) is 5.56 Å². The molecule has 6 heteroatoms. The number of nitrogens with zero attached hydrogens (tertiary/aromatic N) is 5. The molecule has 5 nitrogen and oxygen atoms in total. The Kier molecular flexibility index (Phi) is 4.57. The predicted molar refractivity (Wildman–Crippen MR) is 97.0 cm³/mol. The monoisotopic (exact) mass is 331 g/mol. The smallest absolute Gasteiger partial charge is 0.134 e. The van der Waals surface area contributed by atoms with Crippen LogP contribution in [0.3, 0.4) is 0 Å². The molecule has 0 unspecified atom stereocenters. The predicted octanol–water partition coefficient (Wildman–Crippen LogP) is 2.83. The van der Waals surface area contributed by atoms with E-state index in [-0.39, 0.29) is 0 Å². The summed E-state index contributed by atoms with van der Waals surface area (Å²) in [6.07, 6.45) is 1.64. The van der Waals surface area contributed by atoms with Gasteiger partial charge in [-0.2, -0.15) is 0 Å². The fourth-order valence-corrected chi connectivity index (χ4v) is 3.02. The summed E-state index contributed by atoms with van der Waals surface area (Å²) in [6.45, 7) is 5.93. The second-order valence-electron chi connectivity index (χ2n) is 6.03. The first-order valence-corrected chi connectivity index (χ1v) is 8.18. The van der Waals surface area contributed by atoms with E-state index in [2.05, 4.69) is 38.8 Å². The van der Waals surface area contributed by atoms with Crippen LogP contribution in [0.2, 0.25) is 5.02 Å². The van der Waals surface area contributed by atoms with E-state index in [1.165, 1.54) is 11.3 Å². The lowest BCUT2D eigenvalue weighted by atomic mass is 10.1. The molecule has 1 aliphatic heterocycles. The van der Waals surface area contributed by atoms with E-state index >= 15 is 0 Å². The number of benzene rings is 1. The van der Waals surface area contributed by atoms with Crippen LogP contribution >= 0.6 is 11.6 Å². The van der Waals surface area contributed by atoms with E-state index in [1.54, 1.807) is 6.33 Å². The lowest BCUT2D eigenvalue weighted by Gasteiger charge is -2.37. The minimum absolute atomic E-state index is 0.791. The van der Waals surface area contributed by atoms with Gasteiger partial charge in [0, 0.05) is 57.1 Å². The van der Waals surface area contributed by atoms with Crippen LogP contribution in [0.15, 0.2) is 30.6 Å². The van der Waals surface area contributed by atoms with Gasteiger partial charge in [0.1, 0.15) is 18.0 Å². The third-order valence-electron chi connectivity index (χ3n) is 4.21. The molecule has 1 aliphatic rings. The summed E-state index contributed by atoms with van der Waals surface area (Å²) in [7, 11) is 3.98. The van der Waals surface area contributed by atoms with Crippen molar-refractivity contribution in [2.45, 2.75) is 6.92 Å². The molecule has 3 rings (SSSR count). The Morgan fingerprint density at radius 1 is 1.00 bits per heavy atom. The van der Waals surface area contributed by atoms with Gasteiger partial charge in [-0.15, -0.1) is 0 Å². The molecule has 0 atom stereocenters. The number of rotatable bonds is 3. The average Bonchev–Trinajstić information content (AvgIpc) is 2.57. The minimum atomic E-state index is 0.791. The maximum absolute atomic E-state index is 6.15. The molecule has 0 bridgehead atoms. The van der Waals surface area contributed by atoms with Gasteiger partial charge in [-0.05, 0) is 24.6 Å². The largest absolute Gasteiger partial charge is 0.368 e. The van der Waals surface area contributed by atoms with Gasteiger partial charge in [-0.1, -0.05) is 17.7 Å². The van der Waals surface area contributed by atoms with Gasteiger partial charge < -0.3 is 14.7 Å². The quantitative estimate of drug-likeness (QED) is 0.864. The van der Waals surface area contributed by atoms with Crippen LogP contribution in [0, 0.1) is 6.92 Å². The summed E-state index contributed by atoms with van der Waals surface area (Å²) in [5, 5.41) is 0.791. The summed E-state index contributed by atoms with van der Waals surface area (Å²) >= 11 is 6.15. The highest BCUT2D eigenvalue weighted by atomic mass is 35.5. The van der Waals surface area contributed by atoms with Gasteiger partial charge in [0.2, 0.25) is 0 Å². The molecule has 2 heterocycles. The number of anilines is 3. The van der Waals surface area contributed by atoms with E-state index in [9.17, 15) is 0 Å². The third-order valence-corrected chi connectivity index (χ3v) is 4.45. The highest BCUT2D eigenvalue weighted by Gasteiger charge is 2.20. The van der Waals surface area contributed by atoms with Crippen molar-refractivity contribution in [3.63, 3.8) is 0 Å². The molecule has 1 aromatic heterocycles. The highest BCUT2D eigenvalue weighted by Crippen LogP contribution is 2.26. The number of hydrogen-bond donors (Lipinski definition) is 0. The number of hydrogen-bond acceptors (Lipinski definition) is 5. The van der Waals surface area contributed by atoms with E-state index < -0.39 is 0 Å². The van der Waals surface area contributed by atoms with Crippen molar-refractivity contribution in [1.29, 1.82) is 0 Å². The highest BCUT2D eigenvalue weighted by molar-refractivity contribution is 6.30. The van der Waals surface area contributed by atoms with Crippen molar-refractivity contribution in [1.82, 2.24) is 9.97 Å². The lowest BCUT2D eigenvalue weighted by molar-refractivity contribution is 0.645. The topological polar surface area (TPSA) is 35.5 Å². The molecule has 0 N–H and O–H groups in total. The summed E-state index contributed by atoms with van der Waals surface area (Å²) in [5.74, 6) is 1.93. The molecule has 122 valence electrons. The first-order chi connectivity index (χ1) is 11.0. The van der Waals surface area contributed by atoms with Crippen LogP contribution in [0.5, 0.6) is 0 Å². The van der Waals surface area contributed by atoms with Crippen LogP contribution < -0.4 is 14.7 Å². The molecule has 0 aliphatic carbocycles. The van der Waals surface area contributed by atoms with Crippen molar-refractivity contribution < 1.29 is 0 Å². The maximum atomic E-state index is 6.15. The number of aryl methyl sites for hydroxylation is 1. The number of piperazine rings is 1. The van der Waals surface area contributed by atoms with Crippen LogP contribution in [-0.4, -0.2) is 50.2 Å². The Morgan fingerprint density at radius 2 is 1.70 bits per heavy atom. The Bertz CT molecular complexity index is 680. The zero-order valence-corrected chi connectivity index (χ0v) is 14.6. The molecule has 0 saturated carbocycles. The first-order valence-electron chi connectivity index (χ1n) is 7.80. The van der Waals surface area contributed by atoms with Gasteiger partial charge in [0.15, 0.2) is 0 Å². The van der Waals surface area contributed by atoms with Crippen LogP contribution in [0.4, 0.5) is 17.3 Å². The Hall–Kier alpha value is -2.01. The van der Waals surface area contributed by atoms with Gasteiger partial charge in [0.05, 0.1) is 0 Å². The van der Waals surface area contributed by atoms with Gasteiger partial charge in [0.25, 0.3) is 0 Å². The number of aromatic nitrogens is 2. The van der Waals surface area contributed by atoms with E-state index in [0.717, 1.165) is 42.8 Å². The normalized spacial score (nSPS) is 15.0. The Labute approximate surface area is 142 Å². The molecule has 1 fully saturated rings. The lowest BCUT2D eigenvalue weighted by Crippen LogP contribution is -2.47. The first kappa shape index (κ1) is 15.9. The minimum Gasteiger partial charge on any atom is -0.368 e. The molecule has 1 aromatic carbocycles. The third kappa shape index (κ3) is 3.50. The second kappa shape index (κ2) is 6.62. The van der Waals surface area contributed by atoms with Crippen molar-refractivity contribution in [2.24, 2.45) is 0 Å². The molecular weight excluding hydrogens is 310 g/mol. The number of halogens is 1. The fourth-order valence-electron chi connectivity index (χ4n) is 2.85. The molecule has 0 radical (unpaired) electrons. The standard InChI is InChI=1S/C17H22ClN5/c1-13-4-5-14(18)10-15(13)22-6-8-23(9-7-22)17-11-16(21(2)3)19-12-20-17/h4-5,10-12H,6-9H2,1-3H3. The van der Waals surface area contributed by atoms with Crippen molar-refractivity contribution in [2.75, 3.05) is 55.0 Å². The summed E-state index contributed by atoms with van der Waals surface area (Å²) in [5.41, 5.74) is 2.49. The molecule has 0 amide bonds. The van der Waals surface area contributed by atoms with Gasteiger partial charge >= 0.3 is 0 Å². The maximum Gasteiger partial charge on any atom is 0.134 e.